The molecule has 0 saturated carbocycles. The Morgan fingerprint density at radius 1 is 1.52 bits per heavy atom. The molecule has 21 heavy (non-hydrogen) atoms. The van der Waals surface area contributed by atoms with Crippen LogP contribution in [0.25, 0.3) is 0 Å². The minimum absolute atomic E-state index is 0.0219. The zero-order valence-corrected chi connectivity index (χ0v) is 12.9. The molecule has 0 bridgehead atoms. The molecular weight excluding hydrogens is 284 g/mol. The molecule has 2 aromatic heterocycles. The van der Waals surface area contributed by atoms with Crippen LogP contribution in [0.1, 0.15) is 40.1 Å². The summed E-state index contributed by atoms with van der Waals surface area (Å²) in [5.74, 6) is -0.0219. The van der Waals surface area contributed by atoms with Gasteiger partial charge in [0.1, 0.15) is 10.7 Å². The fourth-order valence-electron chi connectivity index (χ4n) is 2.72. The van der Waals surface area contributed by atoms with Crippen LogP contribution < -0.4 is 10.6 Å². The van der Waals surface area contributed by atoms with Crippen molar-refractivity contribution in [2.45, 2.75) is 32.4 Å². The molecule has 2 N–H and O–H groups in total. The van der Waals surface area contributed by atoms with Gasteiger partial charge >= 0.3 is 0 Å². The number of nitrogens with zero attached hydrogens (tertiary/aromatic N) is 2. The fourth-order valence-corrected chi connectivity index (χ4v) is 3.43. The maximum absolute atomic E-state index is 12.4. The van der Waals surface area contributed by atoms with E-state index in [4.69, 9.17) is 0 Å². The number of aromatic nitrogens is 2. The monoisotopic (exact) mass is 304 g/mol. The van der Waals surface area contributed by atoms with Gasteiger partial charge < -0.3 is 15.2 Å². The van der Waals surface area contributed by atoms with Crippen molar-refractivity contribution in [3.05, 3.63) is 40.1 Å². The number of thiazole rings is 1. The molecule has 1 saturated heterocycles. The van der Waals surface area contributed by atoms with Crippen LogP contribution in [0.15, 0.2) is 23.7 Å². The molecule has 0 aliphatic carbocycles. The molecular formula is C15H20N4OS. The summed E-state index contributed by atoms with van der Waals surface area (Å²) in [6, 6.07) is 4.26. The Morgan fingerprint density at radius 3 is 3.05 bits per heavy atom. The van der Waals surface area contributed by atoms with Crippen molar-refractivity contribution in [3.8, 4) is 0 Å². The van der Waals surface area contributed by atoms with Gasteiger partial charge in [-0.2, -0.15) is 0 Å². The number of carbonyl (C=O) groups is 1. The normalized spacial score (nSPS) is 16.0. The van der Waals surface area contributed by atoms with Crippen LogP contribution in [-0.4, -0.2) is 28.5 Å². The molecule has 0 spiro atoms. The van der Waals surface area contributed by atoms with E-state index in [0.717, 1.165) is 42.3 Å². The number of hydrogen-bond acceptors (Lipinski definition) is 4. The van der Waals surface area contributed by atoms with E-state index in [-0.39, 0.29) is 5.91 Å². The molecule has 1 fully saturated rings. The van der Waals surface area contributed by atoms with Gasteiger partial charge in [0.25, 0.3) is 5.91 Å². The average molecular weight is 304 g/mol. The maximum atomic E-state index is 12.4. The highest BCUT2D eigenvalue weighted by Gasteiger charge is 2.19. The number of piperidine rings is 1. The summed E-state index contributed by atoms with van der Waals surface area (Å²) in [5, 5.41) is 9.26. The molecule has 3 rings (SSSR count). The number of aryl methyl sites for hydroxylation is 1. The summed E-state index contributed by atoms with van der Waals surface area (Å²) in [7, 11) is 0. The summed E-state index contributed by atoms with van der Waals surface area (Å²) in [6.07, 6.45) is 4.15. The average Bonchev–Trinajstić information content (AvgIpc) is 3.14. The standard InChI is InChI=1S/C15H20N4OS/c1-11-10-21-14(18-11)9-17-15(20)13-3-2-8-19(13)12-4-6-16-7-5-12/h2-3,8,10,12,16H,4-7,9H2,1H3,(H,17,20). The quantitative estimate of drug-likeness (QED) is 0.909. The Hall–Kier alpha value is -1.66. The number of nitrogens with one attached hydrogen (secondary N) is 2. The summed E-state index contributed by atoms with van der Waals surface area (Å²) in [4.78, 5) is 16.7. The van der Waals surface area contributed by atoms with Crippen LogP contribution in [-0.2, 0) is 6.54 Å². The van der Waals surface area contributed by atoms with Gasteiger partial charge in [0.05, 0.1) is 6.54 Å². The van der Waals surface area contributed by atoms with Gasteiger partial charge in [-0.05, 0) is 45.0 Å². The van der Waals surface area contributed by atoms with E-state index in [0.29, 0.717) is 12.6 Å². The number of rotatable bonds is 4. The molecule has 0 unspecified atom stereocenters. The van der Waals surface area contributed by atoms with Crippen LogP contribution >= 0.6 is 11.3 Å². The van der Waals surface area contributed by atoms with E-state index >= 15 is 0 Å². The van der Waals surface area contributed by atoms with Crippen molar-refractivity contribution in [1.29, 1.82) is 0 Å². The first-order chi connectivity index (χ1) is 10.2. The lowest BCUT2D eigenvalue weighted by Gasteiger charge is -2.25. The van der Waals surface area contributed by atoms with Crippen molar-refractivity contribution in [3.63, 3.8) is 0 Å². The summed E-state index contributed by atoms with van der Waals surface area (Å²) >= 11 is 1.58. The molecule has 1 aliphatic rings. The predicted molar refractivity (Wildman–Crippen MR) is 83.6 cm³/mol. The zero-order chi connectivity index (χ0) is 14.7. The topological polar surface area (TPSA) is 59.0 Å². The van der Waals surface area contributed by atoms with Crippen LogP contribution in [0, 0.1) is 6.92 Å². The lowest BCUT2D eigenvalue weighted by atomic mass is 10.1. The van der Waals surface area contributed by atoms with E-state index < -0.39 is 0 Å². The largest absolute Gasteiger partial charge is 0.344 e. The number of carbonyl (C=O) groups excluding carboxylic acids is 1. The summed E-state index contributed by atoms with van der Waals surface area (Å²) in [6.45, 7) is 4.49. The highest BCUT2D eigenvalue weighted by Crippen LogP contribution is 2.21. The van der Waals surface area contributed by atoms with Crippen molar-refractivity contribution in [2.75, 3.05) is 13.1 Å². The second kappa shape index (κ2) is 6.41. The molecule has 1 aliphatic heterocycles. The third-order valence-electron chi connectivity index (χ3n) is 3.78. The molecule has 0 aromatic carbocycles. The van der Waals surface area contributed by atoms with Gasteiger partial charge in [0.2, 0.25) is 0 Å². The minimum Gasteiger partial charge on any atom is -0.344 e. The first-order valence-corrected chi connectivity index (χ1v) is 8.19. The molecule has 3 heterocycles. The minimum atomic E-state index is -0.0219. The van der Waals surface area contributed by atoms with Crippen LogP contribution in [0.4, 0.5) is 0 Å². The number of hydrogen-bond donors (Lipinski definition) is 2. The summed E-state index contributed by atoms with van der Waals surface area (Å²) < 4.78 is 2.11. The Kier molecular flexibility index (Phi) is 4.36. The van der Waals surface area contributed by atoms with Crippen molar-refractivity contribution < 1.29 is 4.79 Å². The molecule has 1 amide bonds. The second-order valence-electron chi connectivity index (χ2n) is 5.35. The van der Waals surface area contributed by atoms with Crippen LogP contribution in [0.2, 0.25) is 0 Å². The summed E-state index contributed by atoms with van der Waals surface area (Å²) in [5.41, 5.74) is 1.75. The first-order valence-electron chi connectivity index (χ1n) is 7.31. The van der Waals surface area contributed by atoms with Crippen molar-refractivity contribution >= 4 is 17.2 Å². The van der Waals surface area contributed by atoms with Crippen LogP contribution in [0.5, 0.6) is 0 Å². The SMILES string of the molecule is Cc1csc(CNC(=O)c2cccn2C2CCNCC2)n1. The molecule has 2 aromatic rings. The third kappa shape index (κ3) is 3.33. The van der Waals surface area contributed by atoms with Gasteiger partial charge in [0, 0.05) is 23.3 Å². The van der Waals surface area contributed by atoms with Crippen LogP contribution in [0.3, 0.4) is 0 Å². The van der Waals surface area contributed by atoms with Crippen molar-refractivity contribution in [1.82, 2.24) is 20.2 Å². The molecule has 0 radical (unpaired) electrons. The highest BCUT2D eigenvalue weighted by atomic mass is 32.1. The second-order valence-corrected chi connectivity index (χ2v) is 6.29. The predicted octanol–water partition coefficient (Wildman–Crippen LogP) is 2.11. The van der Waals surface area contributed by atoms with E-state index in [1.54, 1.807) is 11.3 Å². The highest BCUT2D eigenvalue weighted by molar-refractivity contribution is 7.09. The van der Waals surface area contributed by atoms with Crippen molar-refractivity contribution in [2.24, 2.45) is 0 Å². The van der Waals surface area contributed by atoms with E-state index in [1.807, 2.05) is 30.6 Å². The smallest absolute Gasteiger partial charge is 0.268 e. The molecule has 0 atom stereocenters. The zero-order valence-electron chi connectivity index (χ0n) is 12.1. The van der Waals surface area contributed by atoms with E-state index in [1.165, 1.54) is 0 Å². The maximum Gasteiger partial charge on any atom is 0.268 e. The van der Waals surface area contributed by atoms with Gasteiger partial charge in [0.15, 0.2) is 0 Å². The van der Waals surface area contributed by atoms with Gasteiger partial charge in [-0.1, -0.05) is 0 Å². The molecule has 5 nitrogen and oxygen atoms in total. The Labute approximate surface area is 128 Å². The molecule has 112 valence electrons. The number of amides is 1. The lowest BCUT2D eigenvalue weighted by Crippen LogP contribution is -2.32. The molecule has 6 heteroatoms. The Balaban J connectivity index is 1.65. The van der Waals surface area contributed by atoms with Gasteiger partial charge in [-0.3, -0.25) is 4.79 Å². The third-order valence-corrected chi connectivity index (χ3v) is 4.75. The van der Waals surface area contributed by atoms with E-state index in [2.05, 4.69) is 20.2 Å². The first kappa shape index (κ1) is 14.3. The lowest BCUT2D eigenvalue weighted by molar-refractivity contribution is 0.0938. The Bertz CT molecular complexity index is 613. The fraction of sp³-hybridized carbons (Fsp3) is 0.467. The Morgan fingerprint density at radius 2 is 2.33 bits per heavy atom. The van der Waals surface area contributed by atoms with Gasteiger partial charge in [-0.15, -0.1) is 11.3 Å². The van der Waals surface area contributed by atoms with E-state index in [9.17, 15) is 4.79 Å². The van der Waals surface area contributed by atoms with Gasteiger partial charge in [-0.25, -0.2) is 4.98 Å².